The molecule has 4 heteroatoms. The van der Waals surface area contributed by atoms with Crippen molar-refractivity contribution in [2.75, 3.05) is 13.6 Å². The largest absolute Gasteiger partial charge is 0.302 e. The lowest BCUT2D eigenvalue weighted by Crippen LogP contribution is -2.50. The van der Waals surface area contributed by atoms with Crippen molar-refractivity contribution < 1.29 is 10.0 Å². The van der Waals surface area contributed by atoms with E-state index < -0.39 is 5.91 Å². The molecule has 4 saturated carbocycles. The Labute approximate surface area is 156 Å². The number of hydrogen-bond acceptors (Lipinski definition) is 3. The Morgan fingerprint density at radius 3 is 2.19 bits per heavy atom. The lowest BCUT2D eigenvalue weighted by molar-refractivity contribution is -0.123. The lowest BCUT2D eigenvalue weighted by atomic mass is 9.49. The van der Waals surface area contributed by atoms with E-state index in [0.717, 1.165) is 29.9 Å². The van der Waals surface area contributed by atoms with Gasteiger partial charge in [0.25, 0.3) is 5.91 Å². The lowest BCUT2D eigenvalue weighted by Gasteiger charge is -2.57. The second kappa shape index (κ2) is 6.82. The molecule has 0 radical (unpaired) electrons. The average molecular weight is 354 g/mol. The minimum atomic E-state index is -0.559. The first-order valence-corrected chi connectivity index (χ1v) is 9.87. The first kappa shape index (κ1) is 17.7. The molecular formula is C22H30N2O2. The summed E-state index contributed by atoms with van der Waals surface area (Å²) in [4.78, 5) is 13.9. The molecule has 1 aromatic rings. The van der Waals surface area contributed by atoms with Crippen molar-refractivity contribution >= 4 is 11.5 Å². The third-order valence-electron chi connectivity index (χ3n) is 6.90. The molecule has 0 unspecified atom stereocenters. The number of benzene rings is 1. The quantitative estimate of drug-likeness (QED) is 0.463. The molecule has 4 aliphatic rings. The molecule has 0 heterocycles. The Balaban J connectivity index is 1.37. The summed E-state index contributed by atoms with van der Waals surface area (Å²) in [5.41, 5.74) is 4.47. The maximum absolute atomic E-state index is 11.5. The molecule has 1 aromatic carbocycles. The van der Waals surface area contributed by atoms with Gasteiger partial charge in [0.05, 0.1) is 0 Å². The predicted molar refractivity (Wildman–Crippen MR) is 102 cm³/mol. The molecule has 0 saturated heterocycles. The molecule has 5 rings (SSSR count). The second-order valence-corrected chi connectivity index (χ2v) is 9.21. The van der Waals surface area contributed by atoms with Gasteiger partial charge in [-0.25, -0.2) is 5.48 Å². The number of carbonyl (C=O) groups excluding carboxylic acids is 1. The predicted octanol–water partition coefficient (Wildman–Crippen LogP) is 3.85. The Kier molecular flexibility index (Phi) is 4.66. The molecule has 0 atom stereocenters. The van der Waals surface area contributed by atoms with Gasteiger partial charge >= 0.3 is 0 Å². The Morgan fingerprint density at radius 1 is 1.15 bits per heavy atom. The molecule has 4 bridgehead atoms. The number of hydroxylamine groups is 1. The highest BCUT2D eigenvalue weighted by Gasteiger charge is 2.50. The van der Waals surface area contributed by atoms with E-state index in [0.29, 0.717) is 5.41 Å². The summed E-state index contributed by atoms with van der Waals surface area (Å²) in [5.74, 6) is 2.43. The van der Waals surface area contributed by atoms with Gasteiger partial charge in [0.15, 0.2) is 0 Å². The van der Waals surface area contributed by atoms with Crippen LogP contribution in [0.25, 0.3) is 5.57 Å². The van der Waals surface area contributed by atoms with Gasteiger partial charge in [0.2, 0.25) is 0 Å². The van der Waals surface area contributed by atoms with Crippen LogP contribution in [0.15, 0.2) is 30.8 Å². The number of nitrogens with zero attached hydrogens (tertiary/aromatic N) is 1. The van der Waals surface area contributed by atoms with Gasteiger partial charge in [-0.1, -0.05) is 30.8 Å². The van der Waals surface area contributed by atoms with Crippen LogP contribution in [0.5, 0.6) is 0 Å². The van der Waals surface area contributed by atoms with E-state index in [-0.39, 0.29) is 5.57 Å². The fraction of sp³-hybridized carbons (Fsp3) is 0.591. The summed E-state index contributed by atoms with van der Waals surface area (Å²) in [5, 5.41) is 8.72. The van der Waals surface area contributed by atoms with E-state index >= 15 is 0 Å². The molecule has 0 aliphatic heterocycles. The van der Waals surface area contributed by atoms with Crippen LogP contribution < -0.4 is 5.48 Å². The van der Waals surface area contributed by atoms with E-state index in [1.807, 2.05) is 12.1 Å². The first-order valence-electron chi connectivity index (χ1n) is 9.87. The maximum Gasteiger partial charge on any atom is 0.274 e. The van der Waals surface area contributed by atoms with Crippen LogP contribution in [0, 0.1) is 23.2 Å². The van der Waals surface area contributed by atoms with E-state index in [2.05, 4.69) is 30.7 Å². The van der Waals surface area contributed by atoms with Crippen molar-refractivity contribution in [1.82, 2.24) is 10.4 Å². The molecule has 26 heavy (non-hydrogen) atoms. The fourth-order valence-corrected chi connectivity index (χ4v) is 6.43. The van der Waals surface area contributed by atoms with Crippen molar-refractivity contribution in [1.29, 1.82) is 0 Å². The minimum absolute atomic E-state index is 0.279. The third-order valence-corrected chi connectivity index (χ3v) is 6.90. The van der Waals surface area contributed by atoms with Crippen molar-refractivity contribution in [3.63, 3.8) is 0 Å². The van der Waals surface area contributed by atoms with Crippen molar-refractivity contribution in [2.45, 2.75) is 45.1 Å². The van der Waals surface area contributed by atoms with E-state index in [9.17, 15) is 4.79 Å². The zero-order valence-electron chi connectivity index (χ0n) is 15.7. The van der Waals surface area contributed by atoms with Crippen molar-refractivity contribution in [3.8, 4) is 0 Å². The first-order chi connectivity index (χ1) is 12.5. The zero-order valence-corrected chi connectivity index (χ0v) is 15.7. The van der Waals surface area contributed by atoms with Gasteiger partial charge in [-0.3, -0.25) is 10.0 Å². The summed E-state index contributed by atoms with van der Waals surface area (Å²) in [6, 6.07) is 7.93. The van der Waals surface area contributed by atoms with E-state index in [4.69, 9.17) is 5.21 Å². The third kappa shape index (κ3) is 3.45. The van der Waals surface area contributed by atoms with E-state index in [1.54, 1.807) is 5.48 Å². The van der Waals surface area contributed by atoms with Crippen LogP contribution in [0.4, 0.5) is 0 Å². The van der Waals surface area contributed by atoms with E-state index in [1.165, 1.54) is 50.6 Å². The molecule has 140 valence electrons. The second-order valence-electron chi connectivity index (χ2n) is 9.21. The summed E-state index contributed by atoms with van der Waals surface area (Å²) < 4.78 is 0. The van der Waals surface area contributed by atoms with Gasteiger partial charge in [0, 0.05) is 18.7 Å². The molecule has 0 aromatic heterocycles. The fourth-order valence-electron chi connectivity index (χ4n) is 6.43. The molecule has 4 fully saturated rings. The average Bonchev–Trinajstić information content (AvgIpc) is 2.59. The molecule has 4 aliphatic carbocycles. The van der Waals surface area contributed by atoms with Gasteiger partial charge in [-0.15, -0.1) is 0 Å². The van der Waals surface area contributed by atoms with Crippen LogP contribution in [-0.4, -0.2) is 29.6 Å². The van der Waals surface area contributed by atoms with Crippen LogP contribution in [-0.2, 0) is 11.3 Å². The van der Waals surface area contributed by atoms with Gasteiger partial charge in [0.1, 0.15) is 0 Å². The Bertz CT molecular complexity index is 659. The summed E-state index contributed by atoms with van der Waals surface area (Å²) in [7, 11) is 2.24. The van der Waals surface area contributed by atoms with Crippen LogP contribution in [0.3, 0.4) is 0 Å². The molecule has 0 spiro atoms. The van der Waals surface area contributed by atoms with Gasteiger partial charge < -0.3 is 4.90 Å². The monoisotopic (exact) mass is 354 g/mol. The molecule has 4 nitrogen and oxygen atoms in total. The number of hydrogen-bond donors (Lipinski definition) is 2. The normalized spacial score (nSPS) is 32.0. The summed E-state index contributed by atoms with van der Waals surface area (Å²) in [6.45, 7) is 5.86. The number of rotatable bonds is 6. The highest BCUT2D eigenvalue weighted by Crippen LogP contribution is 2.60. The zero-order chi connectivity index (χ0) is 18.3. The van der Waals surface area contributed by atoms with Crippen molar-refractivity contribution in [3.05, 3.63) is 42.0 Å². The maximum atomic E-state index is 11.5. The smallest absolute Gasteiger partial charge is 0.274 e. The molecule has 1 amide bonds. The van der Waals surface area contributed by atoms with Crippen molar-refractivity contribution in [2.24, 2.45) is 23.2 Å². The number of amides is 1. The summed E-state index contributed by atoms with van der Waals surface area (Å²) in [6.07, 6.45) is 8.82. The van der Waals surface area contributed by atoms with Crippen LogP contribution in [0.2, 0.25) is 0 Å². The highest BCUT2D eigenvalue weighted by atomic mass is 16.5. The minimum Gasteiger partial charge on any atom is -0.302 e. The molecular weight excluding hydrogens is 324 g/mol. The number of nitrogens with one attached hydrogen (secondary N) is 1. The highest BCUT2D eigenvalue weighted by molar-refractivity contribution is 6.18. The van der Waals surface area contributed by atoms with Crippen LogP contribution in [0.1, 0.15) is 49.7 Å². The molecule has 2 N–H and O–H groups in total. The Morgan fingerprint density at radius 2 is 1.69 bits per heavy atom. The standard InChI is InChI=1S/C22H30N2O2/c1-15(21(25)23-26)20-5-3-16(4-6-20)13-24(2)14-22-10-17-7-18(11-22)9-19(8-17)12-22/h3-6,17-19,26H,1,7-14H2,2H3,(H,23,25). The van der Waals surface area contributed by atoms with Gasteiger partial charge in [-0.2, -0.15) is 0 Å². The van der Waals surface area contributed by atoms with Gasteiger partial charge in [-0.05, 0) is 79.9 Å². The summed E-state index contributed by atoms with van der Waals surface area (Å²) >= 11 is 0. The number of carbonyl (C=O) groups is 1. The Hall–Kier alpha value is -1.65. The topological polar surface area (TPSA) is 52.6 Å². The van der Waals surface area contributed by atoms with Crippen LogP contribution >= 0.6 is 0 Å². The SMILES string of the molecule is C=C(C(=O)NO)c1ccc(CN(C)CC23CC4CC(CC(C4)C2)C3)cc1.